The second-order valence-corrected chi connectivity index (χ2v) is 7.16. The molecule has 2 aromatic carbocycles. The highest BCUT2D eigenvalue weighted by atomic mass is 16.5. The molecule has 0 radical (unpaired) electrons. The molecule has 31 heavy (non-hydrogen) atoms. The summed E-state index contributed by atoms with van der Waals surface area (Å²) >= 11 is 0. The van der Waals surface area contributed by atoms with E-state index in [1.54, 1.807) is 42.5 Å². The lowest BCUT2D eigenvalue weighted by atomic mass is 9.94. The summed E-state index contributed by atoms with van der Waals surface area (Å²) in [6, 6.07) is 11.3. The number of aliphatic hydroxyl groups excluding tert-OH is 1. The number of carbonyl (C=O) groups is 2. The Morgan fingerprint density at radius 1 is 0.968 bits per heavy atom. The standard InChI is InChI=1S/C24H27NO6/c1-5-6-13-25-21(15-11-12-18(30-3)19(14-15)31-4)20(23(27)24(25)28)22(26)16-9-7-8-10-17(16)29-2/h7-12,14,21,26H,5-6,13H2,1-4H3/b22-20-. The maximum absolute atomic E-state index is 13.0. The summed E-state index contributed by atoms with van der Waals surface area (Å²) in [5.74, 6) is -0.218. The van der Waals surface area contributed by atoms with Gasteiger partial charge in [-0.25, -0.2) is 0 Å². The molecule has 1 atom stereocenters. The van der Waals surface area contributed by atoms with Gasteiger partial charge < -0.3 is 24.2 Å². The van der Waals surface area contributed by atoms with Crippen LogP contribution < -0.4 is 14.2 Å². The number of hydrogen-bond donors (Lipinski definition) is 1. The topological polar surface area (TPSA) is 85.3 Å². The first-order chi connectivity index (χ1) is 15.0. The molecular formula is C24H27NO6. The van der Waals surface area contributed by atoms with Crippen molar-refractivity contribution in [2.24, 2.45) is 0 Å². The summed E-state index contributed by atoms with van der Waals surface area (Å²) in [7, 11) is 4.54. The number of amides is 1. The van der Waals surface area contributed by atoms with Gasteiger partial charge in [-0.05, 0) is 36.2 Å². The Balaban J connectivity index is 2.23. The number of methoxy groups -OCH3 is 3. The van der Waals surface area contributed by atoms with Gasteiger partial charge in [0.2, 0.25) is 0 Å². The Morgan fingerprint density at radius 2 is 1.65 bits per heavy atom. The maximum atomic E-state index is 13.0. The second-order valence-electron chi connectivity index (χ2n) is 7.16. The number of aliphatic hydroxyl groups is 1. The normalized spacial score (nSPS) is 17.7. The van der Waals surface area contributed by atoms with E-state index in [2.05, 4.69) is 0 Å². The van der Waals surface area contributed by atoms with Crippen molar-refractivity contribution in [3.05, 3.63) is 59.2 Å². The van der Waals surface area contributed by atoms with Gasteiger partial charge in [-0.15, -0.1) is 0 Å². The molecule has 164 valence electrons. The van der Waals surface area contributed by atoms with Crippen LogP contribution in [-0.4, -0.2) is 49.6 Å². The molecule has 0 aliphatic carbocycles. The van der Waals surface area contributed by atoms with Crippen molar-refractivity contribution in [1.29, 1.82) is 0 Å². The number of unbranched alkanes of at least 4 members (excludes halogenated alkanes) is 1. The zero-order chi connectivity index (χ0) is 22.5. The zero-order valence-electron chi connectivity index (χ0n) is 18.2. The minimum atomic E-state index is -0.753. The molecule has 1 fully saturated rings. The van der Waals surface area contributed by atoms with Crippen molar-refractivity contribution in [1.82, 2.24) is 4.90 Å². The predicted octanol–water partition coefficient (Wildman–Crippen LogP) is 3.93. The van der Waals surface area contributed by atoms with Crippen LogP contribution >= 0.6 is 0 Å². The second kappa shape index (κ2) is 9.55. The summed E-state index contributed by atoms with van der Waals surface area (Å²) in [6.07, 6.45) is 1.58. The minimum absolute atomic E-state index is 0.0258. The number of rotatable bonds is 8. The first-order valence-electron chi connectivity index (χ1n) is 10.1. The Bertz CT molecular complexity index is 1010. The largest absolute Gasteiger partial charge is 0.507 e. The average molecular weight is 425 g/mol. The van der Waals surface area contributed by atoms with Crippen molar-refractivity contribution in [2.45, 2.75) is 25.8 Å². The Kier molecular flexibility index (Phi) is 6.84. The van der Waals surface area contributed by atoms with E-state index in [0.717, 1.165) is 12.8 Å². The van der Waals surface area contributed by atoms with Gasteiger partial charge in [-0.2, -0.15) is 0 Å². The fraction of sp³-hybridized carbons (Fsp3) is 0.333. The molecule has 2 aromatic rings. The van der Waals surface area contributed by atoms with Gasteiger partial charge in [0.05, 0.1) is 38.5 Å². The van der Waals surface area contributed by atoms with E-state index in [1.165, 1.54) is 26.2 Å². The van der Waals surface area contributed by atoms with Crippen molar-refractivity contribution in [2.75, 3.05) is 27.9 Å². The van der Waals surface area contributed by atoms with Crippen LogP contribution in [0, 0.1) is 0 Å². The van der Waals surface area contributed by atoms with Crippen molar-refractivity contribution >= 4 is 17.4 Å². The highest BCUT2D eigenvalue weighted by molar-refractivity contribution is 6.46. The SMILES string of the molecule is CCCCN1C(=O)C(=O)/C(=C(\O)c2ccccc2OC)C1c1ccc(OC)c(OC)c1. The molecule has 0 saturated carbocycles. The number of carbonyl (C=O) groups excluding carboxylic acids is 2. The number of likely N-dealkylation sites (tertiary alicyclic amines) is 1. The molecule has 1 aliphatic rings. The van der Waals surface area contributed by atoms with Gasteiger partial charge in [0.15, 0.2) is 11.5 Å². The quantitative estimate of drug-likeness (QED) is 0.392. The van der Waals surface area contributed by atoms with Gasteiger partial charge in [-0.3, -0.25) is 9.59 Å². The lowest BCUT2D eigenvalue weighted by Crippen LogP contribution is -2.30. The average Bonchev–Trinajstić information content (AvgIpc) is 3.06. The first kappa shape index (κ1) is 22.2. The molecular weight excluding hydrogens is 398 g/mol. The van der Waals surface area contributed by atoms with E-state index in [9.17, 15) is 14.7 Å². The first-order valence-corrected chi connectivity index (χ1v) is 10.1. The Morgan fingerprint density at radius 3 is 2.29 bits per heavy atom. The summed E-state index contributed by atoms with van der Waals surface area (Å²) in [5.41, 5.74) is 1.02. The smallest absolute Gasteiger partial charge is 0.295 e. The van der Waals surface area contributed by atoms with Gasteiger partial charge in [-0.1, -0.05) is 31.5 Å². The monoisotopic (exact) mass is 425 g/mol. The summed E-state index contributed by atoms with van der Waals surface area (Å²) in [4.78, 5) is 27.5. The van der Waals surface area contributed by atoms with Gasteiger partial charge in [0.25, 0.3) is 11.7 Å². The number of para-hydroxylation sites is 1. The number of ether oxygens (including phenoxy) is 3. The number of Topliss-reactive ketones (excluding diaryl/α,β-unsaturated/α-hetero) is 1. The highest BCUT2D eigenvalue weighted by Crippen LogP contribution is 2.43. The molecule has 1 unspecified atom stereocenters. The third-order valence-electron chi connectivity index (χ3n) is 5.38. The summed E-state index contributed by atoms with van der Waals surface area (Å²) < 4.78 is 16.1. The third-order valence-corrected chi connectivity index (χ3v) is 5.38. The van der Waals surface area contributed by atoms with Crippen LogP contribution in [0.2, 0.25) is 0 Å². The third kappa shape index (κ3) is 4.08. The fourth-order valence-corrected chi connectivity index (χ4v) is 3.79. The Hall–Kier alpha value is -3.48. The summed E-state index contributed by atoms with van der Waals surface area (Å²) in [5, 5.41) is 11.2. The van der Waals surface area contributed by atoms with E-state index in [-0.39, 0.29) is 11.3 Å². The van der Waals surface area contributed by atoms with Gasteiger partial charge >= 0.3 is 0 Å². The molecule has 0 bridgehead atoms. The van der Waals surface area contributed by atoms with Crippen LogP contribution in [0.25, 0.3) is 5.76 Å². The molecule has 1 heterocycles. The number of hydrogen-bond acceptors (Lipinski definition) is 6. The molecule has 0 aromatic heterocycles. The predicted molar refractivity (Wildman–Crippen MR) is 116 cm³/mol. The number of ketones is 1. The molecule has 1 amide bonds. The number of benzene rings is 2. The number of nitrogens with zero attached hydrogens (tertiary/aromatic N) is 1. The lowest BCUT2D eigenvalue weighted by Gasteiger charge is -2.26. The summed E-state index contributed by atoms with van der Waals surface area (Å²) in [6.45, 7) is 2.40. The minimum Gasteiger partial charge on any atom is -0.507 e. The Labute approximate surface area is 181 Å². The van der Waals surface area contributed by atoms with Crippen LogP contribution in [0.3, 0.4) is 0 Å². The van der Waals surface area contributed by atoms with Crippen LogP contribution in [-0.2, 0) is 9.59 Å². The molecule has 1 aliphatic heterocycles. The van der Waals surface area contributed by atoms with Crippen molar-refractivity contribution in [3.8, 4) is 17.2 Å². The molecule has 1 N–H and O–H groups in total. The molecule has 1 saturated heterocycles. The molecule has 0 spiro atoms. The van der Waals surface area contributed by atoms with E-state index in [4.69, 9.17) is 14.2 Å². The van der Waals surface area contributed by atoms with Crippen molar-refractivity contribution in [3.63, 3.8) is 0 Å². The van der Waals surface area contributed by atoms with E-state index >= 15 is 0 Å². The van der Waals surface area contributed by atoms with Crippen LogP contribution in [0.5, 0.6) is 17.2 Å². The highest BCUT2D eigenvalue weighted by Gasteiger charge is 2.46. The van der Waals surface area contributed by atoms with Crippen molar-refractivity contribution < 1.29 is 28.9 Å². The van der Waals surface area contributed by atoms with Crippen LogP contribution in [0.4, 0.5) is 0 Å². The molecule has 7 heteroatoms. The van der Waals surface area contributed by atoms with E-state index in [0.29, 0.717) is 34.9 Å². The van der Waals surface area contributed by atoms with Crippen LogP contribution in [0.1, 0.15) is 36.9 Å². The lowest BCUT2D eigenvalue weighted by molar-refractivity contribution is -0.139. The fourth-order valence-electron chi connectivity index (χ4n) is 3.79. The van der Waals surface area contributed by atoms with E-state index < -0.39 is 17.7 Å². The van der Waals surface area contributed by atoms with Crippen LogP contribution in [0.15, 0.2) is 48.0 Å². The van der Waals surface area contributed by atoms with Gasteiger partial charge in [0.1, 0.15) is 11.5 Å². The maximum Gasteiger partial charge on any atom is 0.295 e. The zero-order valence-corrected chi connectivity index (χ0v) is 18.2. The van der Waals surface area contributed by atoms with Gasteiger partial charge in [0, 0.05) is 6.54 Å². The van der Waals surface area contributed by atoms with E-state index in [1.807, 2.05) is 6.92 Å². The molecule has 3 rings (SSSR count). The molecule has 7 nitrogen and oxygen atoms in total.